The monoisotopic (exact) mass is 381 g/mol. The number of ether oxygens (including phenoxy) is 1. The molecule has 2 aliphatic heterocycles. The largest absolute Gasteiger partial charge is 0.471 e. The molecule has 0 aliphatic carbocycles. The molecule has 0 N–H and O–H groups in total. The molecule has 4 rings (SSSR count). The van der Waals surface area contributed by atoms with Crippen molar-refractivity contribution < 1.29 is 14.3 Å². The first-order valence-corrected chi connectivity index (χ1v) is 9.45. The lowest BCUT2D eigenvalue weighted by Crippen LogP contribution is -2.42. The van der Waals surface area contributed by atoms with E-state index in [4.69, 9.17) is 4.74 Å². The molecular weight excluding hydrogens is 358 g/mol. The molecule has 2 aliphatic rings. The lowest BCUT2D eigenvalue weighted by Gasteiger charge is -2.22. The van der Waals surface area contributed by atoms with E-state index in [1.165, 1.54) is 0 Å². The Morgan fingerprint density at radius 2 is 2.00 bits per heavy atom. The second-order valence-corrected chi connectivity index (χ2v) is 7.12. The zero-order chi connectivity index (χ0) is 19.5. The second-order valence-electron chi connectivity index (χ2n) is 7.12. The number of likely N-dealkylation sites (tertiary alicyclic amines) is 1. The maximum atomic E-state index is 12.7. The van der Waals surface area contributed by atoms with Gasteiger partial charge in [-0.05, 0) is 25.1 Å². The highest BCUT2D eigenvalue weighted by Crippen LogP contribution is 2.21. The van der Waals surface area contributed by atoms with Crippen LogP contribution >= 0.6 is 0 Å². The molecule has 3 amide bonds. The van der Waals surface area contributed by atoms with Crippen LogP contribution in [0.3, 0.4) is 0 Å². The molecule has 0 radical (unpaired) electrons. The standard InChI is InChI=1S/C20H23N5O3/c1-15-4-6-16(7-5-15)25-12-11-24(20(25)27)14-19(26)23-10-8-17(13-23)28-18-3-2-9-21-22-18/h2-7,9,17H,8,10-14H2,1H3. The Morgan fingerprint density at radius 1 is 1.18 bits per heavy atom. The normalized spacial score (nSPS) is 19.4. The van der Waals surface area contributed by atoms with Crippen molar-refractivity contribution in [1.82, 2.24) is 20.0 Å². The Balaban J connectivity index is 1.30. The molecule has 8 nitrogen and oxygen atoms in total. The lowest BCUT2D eigenvalue weighted by atomic mass is 10.2. The van der Waals surface area contributed by atoms with E-state index in [0.29, 0.717) is 32.1 Å². The molecular formula is C20H23N5O3. The minimum Gasteiger partial charge on any atom is -0.471 e. The van der Waals surface area contributed by atoms with Crippen molar-refractivity contribution in [3.63, 3.8) is 0 Å². The molecule has 2 saturated heterocycles. The second kappa shape index (κ2) is 7.84. The summed E-state index contributed by atoms with van der Waals surface area (Å²) in [4.78, 5) is 30.4. The van der Waals surface area contributed by atoms with Crippen molar-refractivity contribution in [2.75, 3.05) is 37.6 Å². The first-order chi connectivity index (χ1) is 13.6. The van der Waals surface area contributed by atoms with Crippen LogP contribution in [0.15, 0.2) is 42.6 Å². The van der Waals surface area contributed by atoms with Gasteiger partial charge in [-0.15, -0.1) is 5.10 Å². The summed E-state index contributed by atoms with van der Waals surface area (Å²) < 4.78 is 5.78. The van der Waals surface area contributed by atoms with E-state index >= 15 is 0 Å². The average molecular weight is 381 g/mol. The fraction of sp³-hybridized carbons (Fsp3) is 0.400. The van der Waals surface area contributed by atoms with Gasteiger partial charge >= 0.3 is 6.03 Å². The van der Waals surface area contributed by atoms with Gasteiger partial charge in [0.15, 0.2) is 0 Å². The molecule has 1 atom stereocenters. The molecule has 1 aromatic carbocycles. The summed E-state index contributed by atoms with van der Waals surface area (Å²) in [5.74, 6) is 0.412. The van der Waals surface area contributed by atoms with Gasteiger partial charge in [-0.1, -0.05) is 17.7 Å². The van der Waals surface area contributed by atoms with Crippen LogP contribution in [0.1, 0.15) is 12.0 Å². The van der Waals surface area contributed by atoms with Crippen LogP contribution in [-0.4, -0.2) is 70.8 Å². The first kappa shape index (κ1) is 18.2. The summed E-state index contributed by atoms with van der Waals surface area (Å²) in [6.07, 6.45) is 2.23. The highest BCUT2D eigenvalue weighted by atomic mass is 16.5. The predicted molar refractivity (Wildman–Crippen MR) is 103 cm³/mol. The molecule has 8 heteroatoms. The molecule has 1 aromatic heterocycles. The van der Waals surface area contributed by atoms with Crippen molar-refractivity contribution >= 4 is 17.6 Å². The number of nitrogens with zero attached hydrogens (tertiary/aromatic N) is 5. The van der Waals surface area contributed by atoms with Crippen LogP contribution in [0, 0.1) is 6.92 Å². The van der Waals surface area contributed by atoms with E-state index in [1.807, 2.05) is 31.2 Å². The maximum Gasteiger partial charge on any atom is 0.325 e. The zero-order valence-electron chi connectivity index (χ0n) is 15.8. The highest BCUT2D eigenvalue weighted by Gasteiger charge is 2.34. The number of aromatic nitrogens is 2. The number of hydrogen-bond acceptors (Lipinski definition) is 5. The van der Waals surface area contributed by atoms with E-state index < -0.39 is 0 Å². The van der Waals surface area contributed by atoms with Gasteiger partial charge in [0.25, 0.3) is 0 Å². The Hall–Kier alpha value is -3.16. The number of benzene rings is 1. The van der Waals surface area contributed by atoms with Gasteiger partial charge in [0.05, 0.1) is 6.54 Å². The smallest absolute Gasteiger partial charge is 0.325 e. The van der Waals surface area contributed by atoms with E-state index in [1.54, 1.807) is 33.0 Å². The fourth-order valence-corrected chi connectivity index (χ4v) is 3.53. The molecule has 0 spiro atoms. The summed E-state index contributed by atoms with van der Waals surface area (Å²) in [7, 11) is 0. The summed E-state index contributed by atoms with van der Waals surface area (Å²) in [5.41, 5.74) is 2.01. The Bertz CT molecular complexity index is 843. The SMILES string of the molecule is Cc1ccc(N2CCN(CC(=O)N3CCC(Oc4cccnn4)C3)C2=O)cc1. The molecule has 1 unspecified atom stereocenters. The van der Waals surface area contributed by atoms with Crippen molar-refractivity contribution in [3.05, 3.63) is 48.2 Å². The van der Waals surface area contributed by atoms with Gasteiger partial charge < -0.3 is 14.5 Å². The van der Waals surface area contributed by atoms with Crippen molar-refractivity contribution in [2.24, 2.45) is 0 Å². The minimum atomic E-state index is -0.122. The Labute approximate surface area is 163 Å². The van der Waals surface area contributed by atoms with Gasteiger partial charge in [0.2, 0.25) is 11.8 Å². The molecule has 28 heavy (non-hydrogen) atoms. The fourth-order valence-electron chi connectivity index (χ4n) is 3.53. The number of anilines is 1. The number of amides is 3. The molecule has 2 aromatic rings. The average Bonchev–Trinajstić information content (AvgIpc) is 3.31. The van der Waals surface area contributed by atoms with Crippen LogP contribution < -0.4 is 9.64 Å². The first-order valence-electron chi connectivity index (χ1n) is 9.45. The minimum absolute atomic E-state index is 0.0515. The van der Waals surface area contributed by atoms with Gasteiger partial charge in [-0.2, -0.15) is 5.10 Å². The molecule has 146 valence electrons. The quantitative estimate of drug-likeness (QED) is 0.788. The van der Waals surface area contributed by atoms with Gasteiger partial charge in [-0.3, -0.25) is 9.69 Å². The summed E-state index contributed by atoms with van der Waals surface area (Å²) >= 11 is 0. The van der Waals surface area contributed by atoms with Gasteiger partial charge in [-0.25, -0.2) is 4.79 Å². The number of urea groups is 1. The van der Waals surface area contributed by atoms with Crippen molar-refractivity contribution in [3.8, 4) is 5.88 Å². The van der Waals surface area contributed by atoms with Crippen LogP contribution in [-0.2, 0) is 4.79 Å². The van der Waals surface area contributed by atoms with E-state index in [0.717, 1.165) is 17.7 Å². The third kappa shape index (κ3) is 3.90. The molecule has 3 heterocycles. The summed E-state index contributed by atoms with van der Waals surface area (Å²) in [6.45, 7) is 4.36. The highest BCUT2D eigenvalue weighted by molar-refractivity contribution is 5.96. The van der Waals surface area contributed by atoms with Crippen LogP contribution in [0.4, 0.5) is 10.5 Å². The number of aryl methyl sites for hydroxylation is 1. The Morgan fingerprint density at radius 3 is 2.75 bits per heavy atom. The van der Waals surface area contributed by atoms with Gasteiger partial charge in [0, 0.05) is 44.0 Å². The summed E-state index contributed by atoms with van der Waals surface area (Å²) in [6, 6.07) is 11.2. The molecule has 0 bridgehead atoms. The number of hydrogen-bond donors (Lipinski definition) is 0. The zero-order valence-corrected chi connectivity index (χ0v) is 15.8. The van der Waals surface area contributed by atoms with Crippen LogP contribution in [0.25, 0.3) is 0 Å². The van der Waals surface area contributed by atoms with Gasteiger partial charge in [0.1, 0.15) is 12.6 Å². The number of carbonyl (C=O) groups is 2. The summed E-state index contributed by atoms with van der Waals surface area (Å²) in [5, 5.41) is 7.70. The van der Waals surface area contributed by atoms with E-state index in [-0.39, 0.29) is 24.6 Å². The van der Waals surface area contributed by atoms with E-state index in [9.17, 15) is 9.59 Å². The third-order valence-corrected chi connectivity index (χ3v) is 5.10. The maximum absolute atomic E-state index is 12.7. The molecule has 2 fully saturated rings. The Kier molecular flexibility index (Phi) is 5.10. The van der Waals surface area contributed by atoms with Crippen molar-refractivity contribution in [2.45, 2.75) is 19.4 Å². The van der Waals surface area contributed by atoms with E-state index in [2.05, 4.69) is 10.2 Å². The molecule has 0 saturated carbocycles. The number of carbonyl (C=O) groups excluding carboxylic acids is 2. The predicted octanol–water partition coefficient (Wildman–Crippen LogP) is 1.71. The third-order valence-electron chi connectivity index (χ3n) is 5.10. The lowest BCUT2D eigenvalue weighted by molar-refractivity contribution is -0.130. The van der Waals surface area contributed by atoms with Crippen LogP contribution in [0.5, 0.6) is 5.88 Å². The topological polar surface area (TPSA) is 78.9 Å². The number of rotatable bonds is 5. The van der Waals surface area contributed by atoms with Crippen LogP contribution in [0.2, 0.25) is 0 Å². The van der Waals surface area contributed by atoms with Crippen molar-refractivity contribution in [1.29, 1.82) is 0 Å².